The lowest BCUT2D eigenvalue weighted by atomic mass is 10.2. The van der Waals surface area contributed by atoms with Crippen molar-refractivity contribution in [2.24, 2.45) is 0 Å². The number of nitrogens with one attached hydrogen (secondary N) is 1. The first-order valence-electron chi connectivity index (χ1n) is 4.53. The molecule has 0 spiro atoms. The number of methoxy groups -OCH3 is 1. The fourth-order valence-corrected chi connectivity index (χ4v) is 1.24. The number of hydrogen-bond acceptors (Lipinski definition) is 3. The summed E-state index contributed by atoms with van der Waals surface area (Å²) in [5.74, 6) is 0.0519. The zero-order chi connectivity index (χ0) is 12.1. The summed E-state index contributed by atoms with van der Waals surface area (Å²) in [6.07, 6.45) is 0. The van der Waals surface area contributed by atoms with Crippen LogP contribution in [0.3, 0.4) is 0 Å². The molecule has 0 unspecified atom stereocenters. The van der Waals surface area contributed by atoms with Gasteiger partial charge in [-0.3, -0.25) is 4.79 Å². The van der Waals surface area contributed by atoms with Crippen LogP contribution < -0.4 is 10.1 Å². The molecule has 1 rings (SSSR count). The molecule has 1 amide bonds. The molecule has 0 saturated carbocycles. The third-order valence-corrected chi connectivity index (χ3v) is 2.17. The molecule has 0 atom stereocenters. The molecule has 0 bridgehead atoms. The number of amides is 1. The van der Waals surface area contributed by atoms with Gasteiger partial charge in [0, 0.05) is 11.0 Å². The normalized spacial score (nSPS) is 9.62. The topological polar surface area (TPSA) is 58.6 Å². The minimum absolute atomic E-state index is 0.0847. The molecule has 0 aliphatic carbocycles. The zero-order valence-electron chi connectivity index (χ0n) is 8.79. The number of ether oxygens (including phenoxy) is 1. The van der Waals surface area contributed by atoms with Crippen LogP contribution in [0, 0.1) is 0 Å². The molecule has 0 radical (unpaired) electrons. The Morgan fingerprint density at radius 3 is 2.88 bits per heavy atom. The van der Waals surface area contributed by atoms with E-state index in [1.165, 1.54) is 19.2 Å². The van der Waals surface area contributed by atoms with Gasteiger partial charge in [-0.15, -0.1) is 0 Å². The Labute approximate surface area is 102 Å². The monoisotopic (exact) mass is 285 g/mol. The fourth-order valence-electron chi connectivity index (χ4n) is 1.10. The average molecular weight is 286 g/mol. The second-order valence-corrected chi connectivity index (χ2v) is 4.20. The van der Waals surface area contributed by atoms with Crippen molar-refractivity contribution in [1.29, 1.82) is 0 Å². The van der Waals surface area contributed by atoms with E-state index in [9.17, 15) is 9.90 Å². The summed E-state index contributed by atoms with van der Waals surface area (Å²) in [5.41, 5.74) is 0.174. The van der Waals surface area contributed by atoms with E-state index in [1.807, 2.05) is 0 Å². The number of carbonyl (C=O) groups is 1. The van der Waals surface area contributed by atoms with Crippen LogP contribution in [0.15, 0.2) is 29.3 Å². The Morgan fingerprint density at radius 1 is 1.62 bits per heavy atom. The van der Waals surface area contributed by atoms with Crippen molar-refractivity contribution in [1.82, 2.24) is 5.32 Å². The third kappa shape index (κ3) is 3.27. The number of rotatable bonds is 4. The van der Waals surface area contributed by atoms with Gasteiger partial charge < -0.3 is 15.2 Å². The van der Waals surface area contributed by atoms with Gasteiger partial charge in [-0.2, -0.15) is 0 Å². The molecule has 0 heterocycles. The molecular weight excluding hydrogens is 274 g/mol. The summed E-state index contributed by atoms with van der Waals surface area (Å²) in [5, 5.41) is 12.1. The van der Waals surface area contributed by atoms with Gasteiger partial charge in [-0.05, 0) is 18.2 Å². The highest BCUT2D eigenvalue weighted by molar-refractivity contribution is 9.11. The summed E-state index contributed by atoms with van der Waals surface area (Å²) in [4.78, 5) is 11.6. The maximum absolute atomic E-state index is 11.6. The molecule has 0 fully saturated rings. The summed E-state index contributed by atoms with van der Waals surface area (Å²) in [7, 11) is 1.49. The Morgan fingerprint density at radius 2 is 2.31 bits per heavy atom. The number of halogens is 1. The summed E-state index contributed by atoms with van der Waals surface area (Å²) in [6, 6.07) is 4.47. The highest BCUT2D eigenvalue weighted by Gasteiger charge is 2.11. The lowest BCUT2D eigenvalue weighted by molar-refractivity contribution is 0.0955. The lowest BCUT2D eigenvalue weighted by Crippen LogP contribution is -2.24. The molecule has 0 saturated heterocycles. The van der Waals surface area contributed by atoms with Gasteiger partial charge in [0.2, 0.25) is 0 Å². The van der Waals surface area contributed by atoms with Gasteiger partial charge in [0.15, 0.2) is 0 Å². The van der Waals surface area contributed by atoms with Gasteiger partial charge in [0.05, 0.1) is 12.7 Å². The van der Waals surface area contributed by atoms with Crippen molar-refractivity contribution in [2.75, 3.05) is 13.7 Å². The van der Waals surface area contributed by atoms with Crippen LogP contribution in [-0.2, 0) is 0 Å². The number of aromatic hydroxyl groups is 1. The first-order chi connectivity index (χ1) is 7.54. The molecule has 86 valence electrons. The van der Waals surface area contributed by atoms with Gasteiger partial charge in [0.1, 0.15) is 11.5 Å². The third-order valence-electron chi connectivity index (χ3n) is 1.89. The second-order valence-electron chi connectivity index (χ2n) is 3.08. The predicted molar refractivity (Wildman–Crippen MR) is 65.1 cm³/mol. The first-order valence-corrected chi connectivity index (χ1v) is 5.32. The molecule has 2 N–H and O–H groups in total. The quantitative estimate of drug-likeness (QED) is 0.890. The molecule has 16 heavy (non-hydrogen) atoms. The van der Waals surface area contributed by atoms with Gasteiger partial charge in [-0.1, -0.05) is 22.5 Å². The minimum Gasteiger partial charge on any atom is -0.507 e. The van der Waals surface area contributed by atoms with Crippen molar-refractivity contribution in [3.63, 3.8) is 0 Å². The van der Waals surface area contributed by atoms with Gasteiger partial charge >= 0.3 is 0 Å². The minimum atomic E-state index is -0.378. The Hall–Kier alpha value is -1.49. The summed E-state index contributed by atoms with van der Waals surface area (Å²) < 4.78 is 5.62. The number of phenols is 1. The van der Waals surface area contributed by atoms with Crippen LogP contribution in [0.5, 0.6) is 11.5 Å². The predicted octanol–water partition coefficient (Wildman–Crippen LogP) is 2.04. The standard InChI is InChI=1S/C11H12BrNO3/c1-7(12)6-13-11(15)9-5-8(16-2)3-4-10(9)14/h3-5,14H,1,6H2,2H3,(H,13,15). The molecular formula is C11H12BrNO3. The Bertz CT molecular complexity index is 418. The van der Waals surface area contributed by atoms with Crippen LogP contribution in [0.2, 0.25) is 0 Å². The number of hydrogen-bond donors (Lipinski definition) is 2. The maximum atomic E-state index is 11.6. The maximum Gasteiger partial charge on any atom is 0.255 e. The Balaban J connectivity index is 2.85. The van der Waals surface area contributed by atoms with E-state index in [2.05, 4.69) is 27.8 Å². The highest BCUT2D eigenvalue weighted by Crippen LogP contribution is 2.22. The number of phenolic OH excluding ortho intramolecular Hbond substituents is 1. The van der Waals surface area contributed by atoms with Crippen molar-refractivity contribution in [2.45, 2.75) is 0 Å². The molecule has 1 aromatic carbocycles. The highest BCUT2D eigenvalue weighted by atomic mass is 79.9. The molecule has 1 aromatic rings. The van der Waals surface area contributed by atoms with Crippen molar-refractivity contribution >= 4 is 21.8 Å². The fraction of sp³-hybridized carbons (Fsp3) is 0.182. The van der Waals surface area contributed by atoms with Gasteiger partial charge in [0.25, 0.3) is 5.91 Å². The Kier molecular flexibility index (Phi) is 4.37. The SMILES string of the molecule is C=C(Br)CNC(=O)c1cc(OC)ccc1O. The van der Waals surface area contributed by atoms with Crippen molar-refractivity contribution in [3.05, 3.63) is 34.8 Å². The average Bonchev–Trinajstić information content (AvgIpc) is 2.26. The van der Waals surface area contributed by atoms with Crippen LogP contribution in [0.25, 0.3) is 0 Å². The van der Waals surface area contributed by atoms with Crippen molar-refractivity contribution < 1.29 is 14.6 Å². The van der Waals surface area contributed by atoms with E-state index in [0.717, 1.165) is 0 Å². The largest absolute Gasteiger partial charge is 0.507 e. The molecule has 0 aliphatic heterocycles. The molecule has 4 nitrogen and oxygen atoms in total. The van der Waals surface area contributed by atoms with E-state index < -0.39 is 0 Å². The van der Waals surface area contributed by atoms with Gasteiger partial charge in [-0.25, -0.2) is 0 Å². The van der Waals surface area contributed by atoms with E-state index >= 15 is 0 Å². The molecule has 5 heteroatoms. The smallest absolute Gasteiger partial charge is 0.255 e. The van der Waals surface area contributed by atoms with E-state index in [4.69, 9.17) is 4.74 Å². The van der Waals surface area contributed by atoms with Crippen LogP contribution in [0.1, 0.15) is 10.4 Å². The van der Waals surface area contributed by atoms with Crippen LogP contribution in [0.4, 0.5) is 0 Å². The lowest BCUT2D eigenvalue weighted by Gasteiger charge is -2.07. The number of benzene rings is 1. The number of carbonyl (C=O) groups excluding carboxylic acids is 1. The second kappa shape index (κ2) is 5.55. The molecule has 0 aliphatic rings. The van der Waals surface area contributed by atoms with Crippen LogP contribution >= 0.6 is 15.9 Å². The first kappa shape index (κ1) is 12.6. The van der Waals surface area contributed by atoms with Crippen molar-refractivity contribution in [3.8, 4) is 11.5 Å². The summed E-state index contributed by atoms with van der Waals surface area (Å²) in [6.45, 7) is 3.89. The van der Waals surface area contributed by atoms with E-state index in [0.29, 0.717) is 16.8 Å². The van der Waals surface area contributed by atoms with E-state index in [-0.39, 0.29) is 17.2 Å². The van der Waals surface area contributed by atoms with Crippen LogP contribution in [-0.4, -0.2) is 24.7 Å². The van der Waals surface area contributed by atoms with E-state index in [1.54, 1.807) is 6.07 Å². The molecule has 0 aromatic heterocycles. The summed E-state index contributed by atoms with van der Waals surface area (Å²) >= 11 is 3.13. The zero-order valence-corrected chi connectivity index (χ0v) is 10.4.